The third-order valence-corrected chi connectivity index (χ3v) is 6.14. The summed E-state index contributed by atoms with van der Waals surface area (Å²) in [6, 6.07) is 11.6. The molecule has 11 heteroatoms. The molecule has 0 fully saturated rings. The molecular formula is C28H32BCl3N5O2. The minimum Gasteiger partial charge on any atom is -0.444 e. The number of H-pyrrole nitrogens is 1. The van der Waals surface area contributed by atoms with E-state index in [-0.39, 0.29) is 5.15 Å². The van der Waals surface area contributed by atoms with Crippen molar-refractivity contribution < 1.29 is 9.53 Å². The number of alkyl carbamates (subject to hydrolysis) is 1. The molecule has 7 nitrogen and oxygen atoms in total. The number of amides is 1. The molecule has 4 aromatic rings. The molecule has 0 saturated heterocycles. The number of anilines is 2. The van der Waals surface area contributed by atoms with Crippen molar-refractivity contribution in [2.24, 2.45) is 0 Å². The van der Waals surface area contributed by atoms with Gasteiger partial charge in [0, 0.05) is 39.1 Å². The molecule has 39 heavy (non-hydrogen) atoms. The van der Waals surface area contributed by atoms with Crippen LogP contribution in [0.4, 0.5) is 16.2 Å². The summed E-state index contributed by atoms with van der Waals surface area (Å²) in [5, 5.41) is 12.4. The molecule has 0 aliphatic carbocycles. The van der Waals surface area contributed by atoms with Gasteiger partial charge in [0.2, 0.25) is 0 Å². The first-order valence-electron chi connectivity index (χ1n) is 12.4. The summed E-state index contributed by atoms with van der Waals surface area (Å²) in [7, 11) is 2.00. The van der Waals surface area contributed by atoms with Crippen molar-refractivity contribution in [3.8, 4) is 0 Å². The van der Waals surface area contributed by atoms with Gasteiger partial charge in [0.05, 0.1) is 16.9 Å². The Hall–Kier alpha value is -3.07. The average molecular weight is 588 g/mol. The van der Waals surface area contributed by atoms with Gasteiger partial charge in [-0.2, -0.15) is 0 Å². The van der Waals surface area contributed by atoms with Crippen molar-refractivity contribution in [3.05, 3.63) is 75.8 Å². The first-order chi connectivity index (χ1) is 18.4. The van der Waals surface area contributed by atoms with Crippen LogP contribution in [-0.4, -0.2) is 35.5 Å². The first-order valence-corrected chi connectivity index (χ1v) is 13.5. The molecule has 0 bridgehead atoms. The highest BCUT2D eigenvalue weighted by molar-refractivity contribution is 6.41. The van der Waals surface area contributed by atoms with Crippen molar-refractivity contribution in [1.82, 2.24) is 20.6 Å². The average Bonchev–Trinajstić information content (AvgIpc) is 3.18. The van der Waals surface area contributed by atoms with E-state index in [4.69, 9.17) is 39.5 Å². The number of ether oxygens (including phenoxy) is 1. The molecule has 2 aromatic heterocycles. The summed E-state index contributed by atoms with van der Waals surface area (Å²) in [6.45, 7) is 13.8. The summed E-state index contributed by atoms with van der Waals surface area (Å²) in [5.74, 6) is 0.361. The minimum absolute atomic E-state index is 0.246. The van der Waals surface area contributed by atoms with Crippen molar-refractivity contribution >= 4 is 81.4 Å². The number of aromatic nitrogens is 2. The van der Waals surface area contributed by atoms with Crippen LogP contribution in [0, 0.1) is 0 Å². The molecule has 0 aliphatic rings. The van der Waals surface area contributed by atoms with E-state index >= 15 is 0 Å². The van der Waals surface area contributed by atoms with Crippen LogP contribution < -0.4 is 16.0 Å². The van der Waals surface area contributed by atoms with Gasteiger partial charge in [-0.1, -0.05) is 55.0 Å². The predicted octanol–water partition coefficient (Wildman–Crippen LogP) is 8.33. The van der Waals surface area contributed by atoms with Crippen molar-refractivity contribution in [3.63, 3.8) is 0 Å². The lowest BCUT2D eigenvalue weighted by atomic mass is 9.88. The third-order valence-electron chi connectivity index (χ3n) is 5.22. The number of carbonyl (C=O) groups excluding carboxylic acids is 1. The molecule has 0 spiro atoms. The van der Waals surface area contributed by atoms with Crippen molar-refractivity contribution in [1.29, 1.82) is 0 Å². The molecule has 4 rings (SSSR count). The van der Waals surface area contributed by atoms with E-state index in [1.807, 2.05) is 51.3 Å². The lowest BCUT2D eigenvalue weighted by molar-refractivity contribution is 0.0542. The maximum absolute atomic E-state index is 12.0. The summed E-state index contributed by atoms with van der Waals surface area (Å²) in [6.07, 6.45) is 1.70. The van der Waals surface area contributed by atoms with Crippen LogP contribution in [0.25, 0.3) is 21.8 Å². The van der Waals surface area contributed by atoms with Gasteiger partial charge in [-0.05, 0) is 69.2 Å². The quantitative estimate of drug-likeness (QED) is 0.129. The van der Waals surface area contributed by atoms with Gasteiger partial charge in [0.25, 0.3) is 0 Å². The highest BCUT2D eigenvalue weighted by Gasteiger charge is 2.17. The van der Waals surface area contributed by atoms with Crippen LogP contribution >= 0.6 is 34.8 Å². The number of halogens is 3. The highest BCUT2D eigenvalue weighted by atomic mass is 35.5. The molecule has 0 unspecified atom stereocenters. The van der Waals surface area contributed by atoms with E-state index in [2.05, 4.69) is 32.5 Å². The summed E-state index contributed by atoms with van der Waals surface area (Å²) in [5.41, 5.74) is 3.99. The second-order valence-electron chi connectivity index (χ2n) is 9.85. The maximum atomic E-state index is 12.0. The molecule has 0 atom stereocenters. The van der Waals surface area contributed by atoms with Gasteiger partial charge in [-0.25, -0.2) is 9.78 Å². The fourth-order valence-corrected chi connectivity index (χ4v) is 4.23. The number of benzene rings is 2. The number of hydrogen-bond acceptors (Lipinski definition) is 5. The number of carbonyl (C=O) groups is 1. The zero-order valence-corrected chi connectivity index (χ0v) is 24.9. The minimum atomic E-state index is -0.592. The Morgan fingerprint density at radius 1 is 1.08 bits per heavy atom. The van der Waals surface area contributed by atoms with E-state index in [0.717, 1.165) is 33.1 Å². The van der Waals surface area contributed by atoms with Crippen LogP contribution in [0.5, 0.6) is 0 Å². The first kappa shape index (κ1) is 30.5. The van der Waals surface area contributed by atoms with E-state index in [1.54, 1.807) is 33.0 Å². The van der Waals surface area contributed by atoms with Crippen molar-refractivity contribution in [2.75, 3.05) is 11.9 Å². The van der Waals surface area contributed by atoms with Crippen LogP contribution in [0.1, 0.15) is 26.3 Å². The van der Waals surface area contributed by atoms with Gasteiger partial charge in [0.15, 0.2) is 0 Å². The zero-order chi connectivity index (χ0) is 28.7. The Balaban J connectivity index is 0.00000134. The van der Waals surface area contributed by atoms with Gasteiger partial charge in [0.1, 0.15) is 23.9 Å². The number of nitrogens with one attached hydrogen (secondary N) is 4. The number of nitrogens with zero attached hydrogens (tertiary/aromatic N) is 1. The molecular weight excluding hydrogens is 556 g/mol. The Labute approximate surface area is 244 Å². The molecule has 1 amide bonds. The predicted molar refractivity (Wildman–Crippen MR) is 166 cm³/mol. The molecule has 2 aromatic carbocycles. The monoisotopic (exact) mass is 586 g/mol. The normalized spacial score (nSPS) is 11.0. The molecule has 1 radical (unpaired) electrons. The van der Waals surface area contributed by atoms with Crippen LogP contribution in [0.15, 0.2) is 55.0 Å². The van der Waals surface area contributed by atoms with Crippen LogP contribution in [0.2, 0.25) is 28.8 Å². The highest BCUT2D eigenvalue weighted by Crippen LogP contribution is 2.34. The second kappa shape index (κ2) is 13.3. The van der Waals surface area contributed by atoms with E-state index < -0.39 is 11.7 Å². The third kappa shape index (κ3) is 8.72. The topological polar surface area (TPSA) is 91.1 Å². The van der Waals surface area contributed by atoms with Crippen molar-refractivity contribution in [2.45, 2.75) is 46.4 Å². The second-order valence-corrected chi connectivity index (χ2v) is 11.1. The maximum Gasteiger partial charge on any atom is 0.413 e. The fourth-order valence-electron chi connectivity index (χ4n) is 3.79. The lowest BCUT2D eigenvalue weighted by Crippen LogP contribution is -2.36. The van der Waals surface area contributed by atoms with Crippen LogP contribution in [-0.2, 0) is 11.2 Å². The Bertz CT molecular complexity index is 1480. The van der Waals surface area contributed by atoms with Gasteiger partial charge < -0.3 is 20.4 Å². The SMILES string of the molecule is C=C(NCCc1cc(Nc2cnc(Cl)c(Cl)c2)cc2c1[nH]c1ccc(Cl)cc12)NC(=O)OC(C)(C)C.C[B]C. The number of fused-ring (bicyclic) bond motifs is 3. The fraction of sp³-hybridized carbons (Fsp3) is 0.286. The Morgan fingerprint density at radius 3 is 2.46 bits per heavy atom. The van der Waals surface area contributed by atoms with Gasteiger partial charge in [-0.15, -0.1) is 0 Å². The molecule has 2 heterocycles. The molecule has 0 aliphatic heterocycles. The molecule has 205 valence electrons. The van der Waals surface area contributed by atoms with Crippen LogP contribution in [0.3, 0.4) is 0 Å². The number of hydrogen-bond donors (Lipinski definition) is 4. The van der Waals surface area contributed by atoms with E-state index in [1.165, 1.54) is 0 Å². The zero-order valence-electron chi connectivity index (χ0n) is 22.6. The number of rotatable bonds is 7. The lowest BCUT2D eigenvalue weighted by Gasteiger charge is -2.20. The van der Waals surface area contributed by atoms with Gasteiger partial charge >= 0.3 is 6.09 Å². The largest absolute Gasteiger partial charge is 0.444 e. The number of pyridine rings is 1. The van der Waals surface area contributed by atoms with E-state index in [9.17, 15) is 4.79 Å². The smallest absolute Gasteiger partial charge is 0.413 e. The van der Waals surface area contributed by atoms with E-state index in [0.29, 0.717) is 34.5 Å². The van der Waals surface area contributed by atoms with Gasteiger partial charge in [-0.3, -0.25) is 5.32 Å². The summed E-state index contributed by atoms with van der Waals surface area (Å²) >= 11 is 18.4. The summed E-state index contributed by atoms with van der Waals surface area (Å²) in [4.78, 5) is 19.6. The molecule has 4 N–H and O–H groups in total. The standard InChI is InChI=1S/C26H26Cl3N5O2.C2H6B/c1-14(32-25(35)36-26(2,3)4)30-8-7-15-9-17(33-18-12-21(28)24(29)31-13-18)11-20-19-10-16(27)5-6-22(19)34-23(15)20;1-3-2/h5-6,9-13,30,33-34H,1,7-8H2,2-4H3,(H,32,35);1-2H3. The number of aromatic amines is 1. The summed E-state index contributed by atoms with van der Waals surface area (Å²) < 4.78 is 5.26. The molecule has 0 saturated carbocycles. The Morgan fingerprint density at radius 2 is 1.79 bits per heavy atom. The Kier molecular flexibility index (Phi) is 10.4.